The third kappa shape index (κ3) is 5.65. The zero-order valence-electron chi connectivity index (χ0n) is 14.1. The average Bonchev–Trinajstić information content (AvgIpc) is 2.35. The summed E-state index contributed by atoms with van der Waals surface area (Å²) < 4.78 is 5.32. The maximum Gasteiger partial charge on any atom is 0.410 e. The normalized spacial score (nSPS) is 19.5. The van der Waals surface area contributed by atoms with Gasteiger partial charge < -0.3 is 19.6 Å². The predicted molar refractivity (Wildman–Crippen MR) is 84.9 cm³/mol. The summed E-state index contributed by atoms with van der Waals surface area (Å²) in [5, 5.41) is 9.97. The summed E-state index contributed by atoms with van der Waals surface area (Å²) in [6.45, 7) is 8.09. The summed E-state index contributed by atoms with van der Waals surface area (Å²) in [7, 11) is 1.62. The number of hydrogen-bond donors (Lipinski definition) is 1. The molecule has 22 heavy (non-hydrogen) atoms. The Kier molecular flexibility index (Phi) is 6.10. The molecule has 128 valence electrons. The molecule has 1 rings (SSSR count). The van der Waals surface area contributed by atoms with Crippen molar-refractivity contribution < 1.29 is 19.4 Å². The number of hydrogen-bond acceptors (Lipinski definition) is 4. The van der Waals surface area contributed by atoms with Crippen LogP contribution in [0.15, 0.2) is 0 Å². The van der Waals surface area contributed by atoms with Crippen molar-refractivity contribution in [2.75, 3.05) is 26.7 Å². The van der Waals surface area contributed by atoms with Crippen LogP contribution in [0.3, 0.4) is 0 Å². The van der Waals surface area contributed by atoms with Crippen molar-refractivity contribution in [2.24, 2.45) is 0 Å². The molecule has 1 saturated heterocycles. The Labute approximate surface area is 137 Å². The van der Waals surface area contributed by atoms with Gasteiger partial charge in [0.1, 0.15) is 11.0 Å². The Bertz CT molecular complexity index is 412. The lowest BCUT2D eigenvalue weighted by atomic mass is 9.91. The van der Waals surface area contributed by atoms with Crippen molar-refractivity contribution in [2.45, 2.75) is 57.1 Å². The highest BCUT2D eigenvalue weighted by Gasteiger charge is 2.37. The second-order valence-corrected chi connectivity index (χ2v) is 7.66. The van der Waals surface area contributed by atoms with Crippen LogP contribution in [0, 0.1) is 0 Å². The summed E-state index contributed by atoms with van der Waals surface area (Å²) in [4.78, 5) is 26.8. The summed E-state index contributed by atoms with van der Waals surface area (Å²) >= 11 is 5.77. The number of likely N-dealkylation sites (tertiary alicyclic amines) is 1. The van der Waals surface area contributed by atoms with Crippen LogP contribution in [-0.2, 0) is 9.53 Å². The summed E-state index contributed by atoms with van der Waals surface area (Å²) in [6.07, 6.45) is 0.439. The van der Waals surface area contributed by atoms with Gasteiger partial charge >= 0.3 is 6.09 Å². The number of nitrogens with zero attached hydrogens (tertiary/aromatic N) is 2. The topological polar surface area (TPSA) is 70.1 Å². The van der Waals surface area contributed by atoms with Gasteiger partial charge in [-0.15, -0.1) is 11.6 Å². The number of carbonyl (C=O) groups is 2. The fourth-order valence-corrected chi connectivity index (χ4v) is 2.58. The van der Waals surface area contributed by atoms with Crippen LogP contribution in [0.5, 0.6) is 0 Å². The number of aliphatic hydroxyl groups is 1. The first-order valence-corrected chi connectivity index (χ1v) is 7.96. The highest BCUT2D eigenvalue weighted by molar-refractivity contribution is 6.30. The second kappa shape index (κ2) is 7.04. The van der Waals surface area contributed by atoms with Crippen molar-refractivity contribution >= 4 is 23.6 Å². The number of alkyl halides is 1. The quantitative estimate of drug-likeness (QED) is 0.799. The van der Waals surface area contributed by atoms with Crippen molar-refractivity contribution in [3.8, 4) is 0 Å². The average molecular weight is 335 g/mol. The van der Waals surface area contributed by atoms with Crippen LogP contribution in [0.4, 0.5) is 4.79 Å². The van der Waals surface area contributed by atoms with Gasteiger partial charge in [-0.3, -0.25) is 4.79 Å². The summed E-state index contributed by atoms with van der Waals surface area (Å²) in [5.41, 5.74) is -1.53. The van der Waals surface area contributed by atoms with Crippen molar-refractivity contribution in [1.82, 2.24) is 9.80 Å². The molecule has 7 heteroatoms. The van der Waals surface area contributed by atoms with Gasteiger partial charge in [-0.1, -0.05) is 0 Å². The smallest absolute Gasteiger partial charge is 0.410 e. The van der Waals surface area contributed by atoms with Gasteiger partial charge in [0.25, 0.3) is 0 Å². The zero-order chi connectivity index (χ0) is 17.1. The van der Waals surface area contributed by atoms with E-state index in [2.05, 4.69) is 0 Å². The Balaban J connectivity index is 2.53. The van der Waals surface area contributed by atoms with Crippen LogP contribution in [0.2, 0.25) is 0 Å². The van der Waals surface area contributed by atoms with E-state index in [0.717, 1.165) is 0 Å². The molecule has 2 amide bonds. The molecule has 1 N–H and O–H groups in total. The molecule has 6 nitrogen and oxygen atoms in total. The molecule has 0 aromatic rings. The number of carbonyl (C=O) groups excluding carboxylic acids is 2. The van der Waals surface area contributed by atoms with Gasteiger partial charge in [0, 0.05) is 26.7 Å². The molecule has 0 aromatic heterocycles. The lowest BCUT2D eigenvalue weighted by molar-refractivity contribution is -0.134. The van der Waals surface area contributed by atoms with E-state index in [1.807, 2.05) is 20.8 Å². The molecule has 1 fully saturated rings. The van der Waals surface area contributed by atoms with Crippen LogP contribution in [-0.4, -0.2) is 70.2 Å². The van der Waals surface area contributed by atoms with E-state index in [4.69, 9.17) is 16.3 Å². The monoisotopic (exact) mass is 334 g/mol. The van der Waals surface area contributed by atoms with Crippen molar-refractivity contribution in [3.63, 3.8) is 0 Å². The van der Waals surface area contributed by atoms with Crippen LogP contribution in [0.25, 0.3) is 0 Å². The molecule has 0 spiro atoms. The minimum absolute atomic E-state index is 0.213. The Hall–Kier alpha value is -1.01. The van der Waals surface area contributed by atoms with Gasteiger partial charge in [0.15, 0.2) is 0 Å². The fraction of sp³-hybridized carbons (Fsp3) is 0.867. The van der Waals surface area contributed by atoms with E-state index >= 15 is 0 Å². The van der Waals surface area contributed by atoms with E-state index in [1.165, 1.54) is 4.90 Å². The number of halogens is 1. The number of likely N-dealkylation sites (N-methyl/N-ethyl adjacent to an activating group) is 1. The third-order valence-electron chi connectivity index (χ3n) is 3.59. The van der Waals surface area contributed by atoms with Gasteiger partial charge in [-0.25, -0.2) is 4.79 Å². The number of amides is 2. The van der Waals surface area contributed by atoms with Crippen LogP contribution in [0.1, 0.15) is 40.5 Å². The molecule has 0 unspecified atom stereocenters. The molecule has 1 heterocycles. The number of piperidine rings is 1. The first-order valence-electron chi connectivity index (χ1n) is 7.53. The highest BCUT2D eigenvalue weighted by atomic mass is 35.5. The molecule has 1 aliphatic heterocycles. The van der Waals surface area contributed by atoms with Crippen molar-refractivity contribution in [3.05, 3.63) is 0 Å². The SMILES string of the molecule is C[C@H](Cl)C(=O)N(C)CC1(O)CCN(C(=O)OC(C)(C)C)CC1. The van der Waals surface area contributed by atoms with Gasteiger partial charge in [0.05, 0.1) is 5.60 Å². The minimum Gasteiger partial charge on any atom is -0.444 e. The van der Waals surface area contributed by atoms with Crippen molar-refractivity contribution in [1.29, 1.82) is 0 Å². The third-order valence-corrected chi connectivity index (χ3v) is 3.78. The predicted octanol–water partition coefficient (Wildman–Crippen LogP) is 1.83. The molecule has 0 bridgehead atoms. The first-order chi connectivity index (χ1) is 9.93. The lowest BCUT2D eigenvalue weighted by Gasteiger charge is -2.40. The van der Waals surface area contributed by atoms with E-state index in [-0.39, 0.29) is 18.5 Å². The Morgan fingerprint density at radius 3 is 2.27 bits per heavy atom. The summed E-state index contributed by atoms with van der Waals surface area (Å²) in [5.74, 6) is -0.218. The van der Waals surface area contributed by atoms with E-state index in [0.29, 0.717) is 25.9 Å². The number of ether oxygens (including phenoxy) is 1. The van der Waals surface area contributed by atoms with Gasteiger partial charge in [-0.05, 0) is 40.5 Å². The maximum absolute atomic E-state index is 12.0. The Morgan fingerprint density at radius 1 is 1.36 bits per heavy atom. The lowest BCUT2D eigenvalue weighted by Crippen LogP contribution is -2.53. The maximum atomic E-state index is 12.0. The minimum atomic E-state index is -0.991. The molecule has 0 aliphatic carbocycles. The first kappa shape index (κ1) is 19.0. The van der Waals surface area contributed by atoms with Crippen LogP contribution < -0.4 is 0 Å². The highest BCUT2D eigenvalue weighted by Crippen LogP contribution is 2.24. The molecule has 0 aromatic carbocycles. The van der Waals surface area contributed by atoms with Gasteiger partial charge in [-0.2, -0.15) is 0 Å². The molecule has 1 atom stereocenters. The van der Waals surface area contributed by atoms with E-state index in [1.54, 1.807) is 18.9 Å². The zero-order valence-corrected chi connectivity index (χ0v) is 14.8. The largest absolute Gasteiger partial charge is 0.444 e. The Morgan fingerprint density at radius 2 is 1.86 bits per heavy atom. The van der Waals surface area contributed by atoms with Gasteiger partial charge in [0.2, 0.25) is 5.91 Å². The van der Waals surface area contributed by atoms with E-state index < -0.39 is 16.6 Å². The molecule has 0 saturated carbocycles. The molecule has 1 aliphatic rings. The molecule has 0 radical (unpaired) electrons. The van der Waals surface area contributed by atoms with E-state index in [9.17, 15) is 14.7 Å². The molecular weight excluding hydrogens is 308 g/mol. The second-order valence-electron chi connectivity index (χ2n) is 7.00. The standard InChI is InChI=1S/C15H27ClN2O4/c1-11(16)12(19)17(5)10-15(21)6-8-18(9-7-15)13(20)22-14(2,3)4/h11,21H,6-10H2,1-5H3/t11-/m0/s1. The molecular formula is C15H27ClN2O4. The fourth-order valence-electron chi connectivity index (χ4n) is 2.41. The number of rotatable bonds is 3. The van der Waals surface area contributed by atoms with Crippen LogP contribution >= 0.6 is 11.6 Å². The summed E-state index contributed by atoms with van der Waals surface area (Å²) in [6, 6.07) is 0.